The second-order valence-corrected chi connectivity index (χ2v) is 6.64. The zero-order valence-corrected chi connectivity index (χ0v) is 15.0. The lowest BCUT2D eigenvalue weighted by atomic mass is 9.86. The summed E-state index contributed by atoms with van der Waals surface area (Å²) >= 11 is 0. The topological polar surface area (TPSA) is 25.0 Å². The third-order valence-electron chi connectivity index (χ3n) is 5.08. The molecule has 0 amide bonds. The van der Waals surface area contributed by atoms with E-state index in [-0.39, 0.29) is 0 Å². The highest BCUT2D eigenvalue weighted by Gasteiger charge is 2.18. The number of fused-ring (bicyclic) bond motifs is 1. The number of methoxy groups -OCH3 is 1. The number of ether oxygens (including phenoxy) is 1. The summed E-state index contributed by atoms with van der Waals surface area (Å²) in [6.45, 7) is 0. The van der Waals surface area contributed by atoms with Crippen LogP contribution in [0.25, 0.3) is 10.9 Å². The highest BCUT2D eigenvalue weighted by Crippen LogP contribution is 2.35. The quantitative estimate of drug-likeness (QED) is 0.461. The van der Waals surface area contributed by atoms with Gasteiger partial charge in [0.25, 0.3) is 0 Å². The average Bonchev–Trinajstić information content (AvgIpc) is 3.13. The smallest absolute Gasteiger partial charge is 0.118 e. The summed E-state index contributed by atoms with van der Waals surface area (Å²) in [5.74, 6) is 1.24. The number of aromatic nitrogens is 1. The molecule has 4 aromatic rings. The van der Waals surface area contributed by atoms with Gasteiger partial charge in [-0.3, -0.25) is 0 Å². The van der Waals surface area contributed by atoms with Crippen LogP contribution in [0, 0.1) is 0 Å². The molecule has 0 radical (unpaired) electrons. The highest BCUT2D eigenvalue weighted by molar-refractivity contribution is 5.84. The fourth-order valence-corrected chi connectivity index (χ4v) is 3.68. The molecule has 0 aliphatic rings. The first kappa shape index (κ1) is 16.5. The molecule has 0 aliphatic heterocycles. The van der Waals surface area contributed by atoms with Gasteiger partial charge in [0.15, 0.2) is 0 Å². The van der Waals surface area contributed by atoms with Gasteiger partial charge in [-0.05, 0) is 47.7 Å². The molecular formula is C24H23NO. The summed E-state index contributed by atoms with van der Waals surface area (Å²) in [6.07, 6.45) is 4.29. The predicted molar refractivity (Wildman–Crippen MR) is 108 cm³/mol. The van der Waals surface area contributed by atoms with E-state index in [2.05, 4.69) is 90.0 Å². The molecule has 130 valence electrons. The molecule has 1 aromatic heterocycles. The first-order valence-electron chi connectivity index (χ1n) is 9.09. The molecule has 1 atom stereocenters. The molecule has 0 unspecified atom stereocenters. The fourth-order valence-electron chi connectivity index (χ4n) is 3.68. The summed E-state index contributed by atoms with van der Waals surface area (Å²) in [7, 11) is 1.71. The van der Waals surface area contributed by atoms with Crippen LogP contribution in [0.5, 0.6) is 5.75 Å². The van der Waals surface area contributed by atoms with Crippen LogP contribution in [-0.2, 0) is 6.42 Å². The molecule has 4 rings (SSSR count). The monoisotopic (exact) mass is 341 g/mol. The number of nitrogens with one attached hydrogen (secondary N) is 1. The molecule has 26 heavy (non-hydrogen) atoms. The SMILES string of the molecule is COc1ccc([C@H](CCc2ccccc2)c2c[nH]c3ccccc23)cc1. The van der Waals surface area contributed by atoms with Gasteiger partial charge in [-0.1, -0.05) is 60.7 Å². The van der Waals surface area contributed by atoms with Gasteiger partial charge in [0.05, 0.1) is 7.11 Å². The largest absolute Gasteiger partial charge is 0.497 e. The molecule has 0 spiro atoms. The van der Waals surface area contributed by atoms with Crippen molar-refractivity contribution in [2.24, 2.45) is 0 Å². The van der Waals surface area contributed by atoms with E-state index in [0.717, 1.165) is 18.6 Å². The Morgan fingerprint density at radius 2 is 1.58 bits per heavy atom. The van der Waals surface area contributed by atoms with E-state index in [4.69, 9.17) is 4.74 Å². The van der Waals surface area contributed by atoms with Gasteiger partial charge in [0, 0.05) is 23.0 Å². The predicted octanol–water partition coefficient (Wildman–Crippen LogP) is 5.94. The van der Waals surface area contributed by atoms with Crippen LogP contribution in [-0.4, -0.2) is 12.1 Å². The Kier molecular flexibility index (Phi) is 4.74. The molecule has 1 N–H and O–H groups in total. The number of hydrogen-bond acceptors (Lipinski definition) is 1. The normalized spacial score (nSPS) is 12.2. The van der Waals surface area contributed by atoms with E-state index < -0.39 is 0 Å². The van der Waals surface area contributed by atoms with Crippen LogP contribution in [0.4, 0.5) is 0 Å². The van der Waals surface area contributed by atoms with Crippen LogP contribution >= 0.6 is 0 Å². The van der Waals surface area contributed by atoms with Crippen molar-refractivity contribution in [3.05, 3.63) is 102 Å². The molecule has 0 fully saturated rings. The van der Waals surface area contributed by atoms with Gasteiger partial charge in [-0.25, -0.2) is 0 Å². The van der Waals surface area contributed by atoms with Crippen molar-refractivity contribution >= 4 is 10.9 Å². The Bertz CT molecular complexity index is 970. The second kappa shape index (κ2) is 7.49. The van der Waals surface area contributed by atoms with Crippen molar-refractivity contribution in [1.29, 1.82) is 0 Å². The number of aromatic amines is 1. The minimum atomic E-state index is 0.345. The van der Waals surface area contributed by atoms with Crippen molar-refractivity contribution < 1.29 is 4.74 Å². The number of aryl methyl sites for hydroxylation is 1. The summed E-state index contributed by atoms with van der Waals surface area (Å²) in [5, 5.41) is 1.31. The van der Waals surface area contributed by atoms with Crippen molar-refractivity contribution in [3.8, 4) is 5.75 Å². The van der Waals surface area contributed by atoms with Crippen molar-refractivity contribution in [2.75, 3.05) is 7.11 Å². The standard InChI is InChI=1S/C24H23NO/c1-26-20-14-12-19(13-15-20)21(16-11-18-7-3-2-4-8-18)23-17-25-24-10-6-5-9-22(23)24/h2-10,12-15,17,21,25H,11,16H2,1H3/t21-/m0/s1. The van der Waals surface area contributed by atoms with Gasteiger partial charge in [-0.2, -0.15) is 0 Å². The first-order chi connectivity index (χ1) is 12.8. The summed E-state index contributed by atoms with van der Waals surface area (Å²) < 4.78 is 5.33. The zero-order valence-electron chi connectivity index (χ0n) is 15.0. The number of rotatable bonds is 6. The second-order valence-electron chi connectivity index (χ2n) is 6.64. The van der Waals surface area contributed by atoms with Gasteiger partial charge >= 0.3 is 0 Å². The molecule has 2 heteroatoms. The third kappa shape index (κ3) is 3.36. The maximum Gasteiger partial charge on any atom is 0.118 e. The number of hydrogen-bond donors (Lipinski definition) is 1. The summed E-state index contributed by atoms with van der Waals surface area (Å²) in [4.78, 5) is 3.43. The Balaban J connectivity index is 1.70. The van der Waals surface area contributed by atoms with Crippen LogP contribution in [0.2, 0.25) is 0 Å². The van der Waals surface area contributed by atoms with Gasteiger partial charge in [0.2, 0.25) is 0 Å². The number of benzene rings is 3. The summed E-state index contributed by atoms with van der Waals surface area (Å²) in [5.41, 5.74) is 5.26. The number of H-pyrrole nitrogens is 1. The maximum absolute atomic E-state index is 5.33. The van der Waals surface area contributed by atoms with E-state index in [9.17, 15) is 0 Å². The lowest BCUT2D eigenvalue weighted by Gasteiger charge is -2.18. The molecule has 0 bridgehead atoms. The van der Waals surface area contributed by atoms with Crippen molar-refractivity contribution in [1.82, 2.24) is 4.98 Å². The van der Waals surface area contributed by atoms with Crippen molar-refractivity contribution in [2.45, 2.75) is 18.8 Å². The first-order valence-corrected chi connectivity index (χ1v) is 9.09. The van der Waals surface area contributed by atoms with Crippen molar-refractivity contribution in [3.63, 3.8) is 0 Å². The molecule has 0 saturated heterocycles. The molecular weight excluding hydrogens is 318 g/mol. The average molecular weight is 341 g/mol. The van der Waals surface area contributed by atoms with E-state index in [1.54, 1.807) is 7.11 Å². The molecule has 0 aliphatic carbocycles. The Morgan fingerprint density at radius 1 is 0.846 bits per heavy atom. The van der Waals surface area contributed by atoms with Gasteiger partial charge < -0.3 is 9.72 Å². The van der Waals surface area contributed by atoms with Crippen LogP contribution in [0.15, 0.2) is 85.1 Å². The van der Waals surface area contributed by atoms with Gasteiger partial charge in [0.1, 0.15) is 5.75 Å². The molecule has 3 aromatic carbocycles. The lowest BCUT2D eigenvalue weighted by Crippen LogP contribution is -2.03. The zero-order chi connectivity index (χ0) is 17.8. The van der Waals surface area contributed by atoms with E-state index in [0.29, 0.717) is 5.92 Å². The summed E-state index contributed by atoms with van der Waals surface area (Å²) in [6, 6.07) is 27.8. The molecule has 2 nitrogen and oxygen atoms in total. The molecule has 0 saturated carbocycles. The lowest BCUT2D eigenvalue weighted by molar-refractivity contribution is 0.414. The fraction of sp³-hybridized carbons (Fsp3) is 0.167. The van der Waals surface area contributed by atoms with Gasteiger partial charge in [-0.15, -0.1) is 0 Å². The Labute approximate surface area is 154 Å². The molecule has 1 heterocycles. The minimum Gasteiger partial charge on any atom is -0.497 e. The Hall–Kier alpha value is -3.00. The Morgan fingerprint density at radius 3 is 2.35 bits per heavy atom. The van der Waals surface area contributed by atoms with E-state index in [1.807, 2.05) is 0 Å². The minimum absolute atomic E-state index is 0.345. The van der Waals surface area contributed by atoms with Crippen LogP contribution in [0.3, 0.4) is 0 Å². The number of para-hydroxylation sites is 1. The maximum atomic E-state index is 5.33. The van der Waals surface area contributed by atoms with Crippen LogP contribution < -0.4 is 4.74 Å². The third-order valence-corrected chi connectivity index (χ3v) is 5.08. The van der Waals surface area contributed by atoms with E-state index >= 15 is 0 Å². The van der Waals surface area contributed by atoms with Crippen LogP contribution in [0.1, 0.15) is 29.0 Å². The van der Waals surface area contributed by atoms with E-state index in [1.165, 1.54) is 27.6 Å². The highest BCUT2D eigenvalue weighted by atomic mass is 16.5.